The maximum atomic E-state index is 11.9. The van der Waals surface area contributed by atoms with Gasteiger partial charge >= 0.3 is 5.97 Å². The minimum Gasteiger partial charge on any atom is -0.422 e. The number of fused-ring (bicyclic) bond motifs is 2. The fourth-order valence-electron chi connectivity index (χ4n) is 3.91. The maximum Gasteiger partial charge on any atom is 0.336 e. The first-order valence-electron chi connectivity index (χ1n) is 7.24. The Morgan fingerprint density at radius 2 is 2.15 bits per heavy atom. The van der Waals surface area contributed by atoms with Crippen molar-refractivity contribution in [3.63, 3.8) is 0 Å². The first kappa shape index (κ1) is 13.8. The van der Waals surface area contributed by atoms with Crippen molar-refractivity contribution in [2.24, 2.45) is 11.3 Å². The summed E-state index contributed by atoms with van der Waals surface area (Å²) in [6, 6.07) is 0. The average molecular weight is 278 g/mol. The van der Waals surface area contributed by atoms with Crippen LogP contribution in [-0.2, 0) is 14.3 Å². The number of aliphatic hydroxyl groups excluding tert-OH is 1. The Labute approximate surface area is 119 Å². The Hall–Kier alpha value is -1.13. The lowest BCUT2D eigenvalue weighted by Crippen LogP contribution is -2.47. The average Bonchev–Trinajstić information content (AvgIpc) is 2.66. The highest BCUT2D eigenvalue weighted by molar-refractivity contribution is 5.93. The van der Waals surface area contributed by atoms with Crippen LogP contribution in [0.2, 0.25) is 0 Å². The first-order chi connectivity index (χ1) is 9.34. The molecule has 0 aromatic rings. The summed E-state index contributed by atoms with van der Waals surface area (Å²) < 4.78 is 11.0. The van der Waals surface area contributed by atoms with E-state index in [9.17, 15) is 9.90 Å². The van der Waals surface area contributed by atoms with Gasteiger partial charge in [-0.2, -0.15) is 0 Å². The Kier molecular flexibility index (Phi) is 2.89. The van der Waals surface area contributed by atoms with Gasteiger partial charge in [-0.25, -0.2) is 4.79 Å². The number of carbonyl (C=O) groups is 1. The van der Waals surface area contributed by atoms with Crippen molar-refractivity contribution in [2.45, 2.75) is 51.9 Å². The molecule has 1 heterocycles. The van der Waals surface area contributed by atoms with Gasteiger partial charge in [-0.05, 0) is 49.2 Å². The molecule has 20 heavy (non-hydrogen) atoms. The molecular formula is C16H22O4. The molecule has 4 nitrogen and oxygen atoms in total. The second kappa shape index (κ2) is 4.18. The molecular weight excluding hydrogens is 256 g/mol. The van der Waals surface area contributed by atoms with E-state index in [1.165, 1.54) is 0 Å². The largest absolute Gasteiger partial charge is 0.422 e. The SMILES string of the molecule is CO[C@@]12C=C3[C@H](O)CC[C@H](C)[C@@]3(C)CC1=C(C)C(=O)O2. The highest BCUT2D eigenvalue weighted by Crippen LogP contribution is 2.56. The lowest BCUT2D eigenvalue weighted by atomic mass is 9.58. The van der Waals surface area contributed by atoms with E-state index in [1.54, 1.807) is 14.0 Å². The topological polar surface area (TPSA) is 55.8 Å². The molecule has 1 fully saturated rings. The summed E-state index contributed by atoms with van der Waals surface area (Å²) in [4.78, 5) is 11.9. The molecule has 1 saturated carbocycles. The molecule has 1 aliphatic heterocycles. The second-order valence-electron chi connectivity index (χ2n) is 6.55. The zero-order valence-corrected chi connectivity index (χ0v) is 12.5. The van der Waals surface area contributed by atoms with Gasteiger partial charge < -0.3 is 14.6 Å². The number of carbonyl (C=O) groups excluding carboxylic acids is 1. The molecule has 0 saturated heterocycles. The molecule has 0 amide bonds. The van der Waals surface area contributed by atoms with Crippen LogP contribution >= 0.6 is 0 Å². The van der Waals surface area contributed by atoms with Gasteiger partial charge in [0.2, 0.25) is 0 Å². The van der Waals surface area contributed by atoms with Gasteiger partial charge in [-0.15, -0.1) is 0 Å². The van der Waals surface area contributed by atoms with Crippen LogP contribution < -0.4 is 0 Å². The number of ether oxygens (including phenoxy) is 2. The quantitative estimate of drug-likeness (QED) is 0.591. The van der Waals surface area contributed by atoms with Crippen molar-refractivity contribution in [3.8, 4) is 0 Å². The smallest absolute Gasteiger partial charge is 0.336 e. The summed E-state index contributed by atoms with van der Waals surface area (Å²) in [6.45, 7) is 6.19. The third kappa shape index (κ3) is 1.58. The molecule has 1 N–H and O–H groups in total. The van der Waals surface area contributed by atoms with E-state index in [0.717, 1.165) is 24.0 Å². The minimum atomic E-state index is -1.09. The summed E-state index contributed by atoms with van der Waals surface area (Å²) >= 11 is 0. The van der Waals surface area contributed by atoms with E-state index >= 15 is 0 Å². The van der Waals surface area contributed by atoms with Gasteiger partial charge in [0.05, 0.1) is 6.10 Å². The zero-order valence-electron chi connectivity index (χ0n) is 12.5. The highest BCUT2D eigenvalue weighted by Gasteiger charge is 2.55. The number of aliphatic hydroxyl groups is 1. The molecule has 2 aliphatic carbocycles. The zero-order chi connectivity index (χ0) is 14.7. The van der Waals surface area contributed by atoms with Gasteiger partial charge in [-0.3, -0.25) is 0 Å². The summed E-state index contributed by atoms with van der Waals surface area (Å²) in [7, 11) is 1.55. The Morgan fingerprint density at radius 3 is 2.80 bits per heavy atom. The number of hydrogen-bond donors (Lipinski definition) is 1. The molecule has 0 unspecified atom stereocenters. The van der Waals surface area contributed by atoms with Gasteiger partial charge in [0.15, 0.2) is 0 Å². The monoisotopic (exact) mass is 278 g/mol. The standard InChI is InChI=1S/C16H22O4/c1-9-5-6-13(17)12-8-16(19-4)11(7-15(9,12)3)10(2)14(18)20-16/h8-9,13,17H,5-7H2,1-4H3/t9-,13+,15+,16+/m0/s1. The van der Waals surface area contributed by atoms with E-state index in [4.69, 9.17) is 9.47 Å². The summed E-state index contributed by atoms with van der Waals surface area (Å²) in [6.07, 6.45) is 3.84. The first-order valence-corrected chi connectivity index (χ1v) is 7.24. The van der Waals surface area contributed by atoms with E-state index in [0.29, 0.717) is 17.9 Å². The van der Waals surface area contributed by atoms with Crippen molar-refractivity contribution >= 4 is 5.97 Å². The van der Waals surface area contributed by atoms with Crippen LogP contribution in [0.1, 0.15) is 40.0 Å². The molecule has 3 rings (SSSR count). The minimum absolute atomic E-state index is 0.121. The highest BCUT2D eigenvalue weighted by atomic mass is 16.7. The third-order valence-corrected chi connectivity index (χ3v) is 5.60. The van der Waals surface area contributed by atoms with Crippen LogP contribution in [0.25, 0.3) is 0 Å². The summed E-state index contributed by atoms with van der Waals surface area (Å²) in [5, 5.41) is 10.4. The maximum absolute atomic E-state index is 11.9. The second-order valence-corrected chi connectivity index (χ2v) is 6.55. The van der Waals surface area contributed by atoms with Crippen molar-refractivity contribution in [1.82, 2.24) is 0 Å². The van der Waals surface area contributed by atoms with E-state index in [2.05, 4.69) is 13.8 Å². The van der Waals surface area contributed by atoms with E-state index < -0.39 is 11.9 Å². The van der Waals surface area contributed by atoms with Crippen molar-refractivity contribution in [1.29, 1.82) is 0 Å². The molecule has 0 aromatic heterocycles. The van der Waals surface area contributed by atoms with Crippen LogP contribution in [0, 0.1) is 11.3 Å². The lowest BCUT2D eigenvalue weighted by Gasteiger charge is -2.49. The number of rotatable bonds is 1. The predicted molar refractivity (Wildman–Crippen MR) is 73.7 cm³/mol. The predicted octanol–water partition coefficient (Wildman–Crippen LogP) is 2.33. The molecule has 110 valence electrons. The summed E-state index contributed by atoms with van der Waals surface area (Å²) in [5.74, 6) is -0.945. The van der Waals surface area contributed by atoms with Crippen LogP contribution in [0.5, 0.6) is 0 Å². The number of esters is 1. The third-order valence-electron chi connectivity index (χ3n) is 5.60. The molecule has 3 aliphatic rings. The normalized spacial score (nSPS) is 43.9. The van der Waals surface area contributed by atoms with E-state index in [1.807, 2.05) is 6.08 Å². The van der Waals surface area contributed by atoms with Gasteiger partial charge in [0, 0.05) is 18.3 Å². The van der Waals surface area contributed by atoms with Gasteiger partial charge in [-0.1, -0.05) is 13.8 Å². The van der Waals surface area contributed by atoms with Crippen molar-refractivity contribution in [3.05, 3.63) is 22.8 Å². The Balaban J connectivity index is 2.19. The van der Waals surface area contributed by atoms with Crippen molar-refractivity contribution < 1.29 is 19.4 Å². The van der Waals surface area contributed by atoms with Crippen LogP contribution in [0.15, 0.2) is 22.8 Å². The van der Waals surface area contributed by atoms with Gasteiger partial charge in [0.1, 0.15) is 0 Å². The van der Waals surface area contributed by atoms with Crippen LogP contribution in [0.3, 0.4) is 0 Å². The number of hydrogen-bond acceptors (Lipinski definition) is 4. The summed E-state index contributed by atoms with van der Waals surface area (Å²) in [5.41, 5.74) is 2.40. The number of methoxy groups -OCH3 is 1. The fourth-order valence-corrected chi connectivity index (χ4v) is 3.91. The molecule has 4 heteroatoms. The molecule has 0 aromatic carbocycles. The van der Waals surface area contributed by atoms with Crippen molar-refractivity contribution in [2.75, 3.05) is 7.11 Å². The molecule has 0 spiro atoms. The van der Waals surface area contributed by atoms with Gasteiger partial charge in [0.25, 0.3) is 5.79 Å². The van der Waals surface area contributed by atoms with E-state index in [-0.39, 0.29) is 11.4 Å². The Bertz CT molecular complexity index is 533. The fraction of sp³-hybridized carbons (Fsp3) is 0.688. The molecule has 0 bridgehead atoms. The van der Waals surface area contributed by atoms with Crippen LogP contribution in [-0.4, -0.2) is 30.1 Å². The Morgan fingerprint density at radius 1 is 1.45 bits per heavy atom. The van der Waals surface area contributed by atoms with Crippen LogP contribution in [0.4, 0.5) is 0 Å². The molecule has 0 radical (unpaired) electrons. The molecule has 4 atom stereocenters. The lowest BCUT2D eigenvalue weighted by molar-refractivity contribution is -0.179.